The first-order chi connectivity index (χ1) is 8.09. The molecule has 0 saturated carbocycles. The minimum absolute atomic E-state index is 0.000556. The summed E-state index contributed by atoms with van der Waals surface area (Å²) in [6.45, 7) is 2.93. The Kier molecular flexibility index (Phi) is 3.43. The van der Waals surface area contributed by atoms with Crippen molar-refractivity contribution in [1.82, 2.24) is 5.32 Å². The first kappa shape index (κ1) is 12.0. The zero-order chi connectivity index (χ0) is 12.4. The van der Waals surface area contributed by atoms with Gasteiger partial charge in [0.2, 0.25) is 5.91 Å². The molecule has 2 rings (SSSR count). The summed E-state index contributed by atoms with van der Waals surface area (Å²) in [4.78, 5) is 13.7. The minimum Gasteiger partial charge on any atom is -0.314 e. The van der Waals surface area contributed by atoms with Crippen molar-refractivity contribution < 1.29 is 9.18 Å². The van der Waals surface area contributed by atoms with Crippen LogP contribution in [0.2, 0.25) is 0 Å². The monoisotopic (exact) mass is 236 g/mol. The van der Waals surface area contributed by atoms with E-state index in [1.54, 1.807) is 19.2 Å². The van der Waals surface area contributed by atoms with Gasteiger partial charge in [-0.3, -0.25) is 4.79 Å². The number of hydrogen-bond acceptors (Lipinski definition) is 2. The summed E-state index contributed by atoms with van der Waals surface area (Å²) in [6, 6.07) is 5.94. The molecule has 1 N–H and O–H groups in total. The standard InChI is InChI=1S/C13H17FN2O/c1-9-6-7-15-12(9)13(17)16(2)11-5-3-4-10(14)8-11/h3-5,8-9,12,15H,6-7H2,1-2H3. The van der Waals surface area contributed by atoms with Gasteiger partial charge in [0.25, 0.3) is 0 Å². The van der Waals surface area contributed by atoms with Gasteiger partial charge in [0.15, 0.2) is 0 Å². The third kappa shape index (κ3) is 2.47. The van der Waals surface area contributed by atoms with E-state index in [9.17, 15) is 9.18 Å². The molecule has 0 aliphatic carbocycles. The Morgan fingerprint density at radius 3 is 2.88 bits per heavy atom. The van der Waals surface area contributed by atoms with Crippen molar-refractivity contribution >= 4 is 11.6 Å². The summed E-state index contributed by atoms with van der Waals surface area (Å²) in [5.41, 5.74) is 0.593. The fourth-order valence-corrected chi connectivity index (χ4v) is 2.19. The maximum Gasteiger partial charge on any atom is 0.244 e. The van der Waals surface area contributed by atoms with E-state index in [2.05, 4.69) is 12.2 Å². The van der Waals surface area contributed by atoms with Gasteiger partial charge in [-0.2, -0.15) is 0 Å². The predicted octanol–water partition coefficient (Wildman–Crippen LogP) is 1.79. The van der Waals surface area contributed by atoms with Crippen LogP contribution in [0.1, 0.15) is 13.3 Å². The van der Waals surface area contributed by atoms with Gasteiger partial charge in [0, 0.05) is 12.7 Å². The number of benzene rings is 1. The van der Waals surface area contributed by atoms with E-state index in [1.165, 1.54) is 17.0 Å². The average molecular weight is 236 g/mol. The topological polar surface area (TPSA) is 32.3 Å². The van der Waals surface area contributed by atoms with E-state index in [1.807, 2.05) is 0 Å². The lowest BCUT2D eigenvalue weighted by Crippen LogP contribution is -2.44. The third-order valence-electron chi connectivity index (χ3n) is 3.33. The first-order valence-corrected chi connectivity index (χ1v) is 5.86. The van der Waals surface area contributed by atoms with E-state index < -0.39 is 0 Å². The molecule has 1 heterocycles. The highest BCUT2D eigenvalue weighted by Gasteiger charge is 2.31. The highest BCUT2D eigenvalue weighted by molar-refractivity contribution is 5.97. The van der Waals surface area contributed by atoms with E-state index in [0.29, 0.717) is 11.6 Å². The van der Waals surface area contributed by atoms with Crippen LogP contribution in [0, 0.1) is 11.7 Å². The van der Waals surface area contributed by atoms with Crippen LogP contribution in [-0.4, -0.2) is 25.5 Å². The van der Waals surface area contributed by atoms with Crippen LogP contribution in [0.15, 0.2) is 24.3 Å². The van der Waals surface area contributed by atoms with E-state index >= 15 is 0 Å². The molecule has 2 atom stereocenters. The van der Waals surface area contributed by atoms with Crippen molar-refractivity contribution in [2.24, 2.45) is 5.92 Å². The molecule has 92 valence electrons. The molecule has 4 heteroatoms. The summed E-state index contributed by atoms with van der Waals surface area (Å²) < 4.78 is 13.1. The molecule has 1 aliphatic heterocycles. The summed E-state index contributed by atoms with van der Waals surface area (Å²) >= 11 is 0. The van der Waals surface area contributed by atoms with Crippen molar-refractivity contribution in [2.75, 3.05) is 18.5 Å². The molecular formula is C13H17FN2O. The van der Waals surface area contributed by atoms with E-state index in [0.717, 1.165) is 13.0 Å². The SMILES string of the molecule is CC1CCNC1C(=O)N(C)c1cccc(F)c1. The van der Waals surface area contributed by atoms with Gasteiger partial charge in [0.05, 0.1) is 6.04 Å². The molecule has 0 bridgehead atoms. The smallest absolute Gasteiger partial charge is 0.244 e. The molecule has 0 aromatic heterocycles. The molecule has 1 amide bonds. The molecule has 0 spiro atoms. The normalized spacial score (nSPS) is 23.7. The van der Waals surface area contributed by atoms with Gasteiger partial charge in [-0.1, -0.05) is 13.0 Å². The van der Waals surface area contributed by atoms with Crippen molar-refractivity contribution in [3.8, 4) is 0 Å². The van der Waals surface area contributed by atoms with Gasteiger partial charge in [-0.05, 0) is 37.1 Å². The Morgan fingerprint density at radius 2 is 2.29 bits per heavy atom. The van der Waals surface area contributed by atoms with Crippen molar-refractivity contribution in [2.45, 2.75) is 19.4 Å². The quantitative estimate of drug-likeness (QED) is 0.849. The number of halogens is 1. The van der Waals surface area contributed by atoms with Crippen LogP contribution in [0.4, 0.5) is 10.1 Å². The molecule has 1 fully saturated rings. The van der Waals surface area contributed by atoms with Crippen LogP contribution in [0.3, 0.4) is 0 Å². The summed E-state index contributed by atoms with van der Waals surface area (Å²) in [6.07, 6.45) is 1.01. The Balaban J connectivity index is 2.14. The van der Waals surface area contributed by atoms with Crippen LogP contribution in [0.25, 0.3) is 0 Å². The summed E-state index contributed by atoms with van der Waals surface area (Å²) in [7, 11) is 1.68. The van der Waals surface area contributed by atoms with E-state index in [-0.39, 0.29) is 17.8 Å². The molecule has 1 saturated heterocycles. The van der Waals surface area contributed by atoms with Crippen LogP contribution >= 0.6 is 0 Å². The number of rotatable bonds is 2. The number of likely N-dealkylation sites (N-methyl/N-ethyl adjacent to an activating group) is 1. The fraction of sp³-hybridized carbons (Fsp3) is 0.462. The van der Waals surface area contributed by atoms with Crippen LogP contribution < -0.4 is 10.2 Å². The van der Waals surface area contributed by atoms with Gasteiger partial charge >= 0.3 is 0 Å². The Bertz CT molecular complexity index is 422. The first-order valence-electron chi connectivity index (χ1n) is 5.86. The van der Waals surface area contributed by atoms with Crippen molar-refractivity contribution in [3.05, 3.63) is 30.1 Å². The largest absolute Gasteiger partial charge is 0.314 e. The zero-order valence-electron chi connectivity index (χ0n) is 10.1. The maximum atomic E-state index is 13.1. The Hall–Kier alpha value is -1.42. The molecule has 2 unspecified atom stereocenters. The molecule has 0 radical (unpaired) electrons. The molecule has 1 aromatic rings. The van der Waals surface area contributed by atoms with Crippen LogP contribution in [0.5, 0.6) is 0 Å². The predicted molar refractivity (Wildman–Crippen MR) is 65.4 cm³/mol. The fourth-order valence-electron chi connectivity index (χ4n) is 2.19. The average Bonchev–Trinajstić information content (AvgIpc) is 2.73. The zero-order valence-corrected chi connectivity index (χ0v) is 10.1. The van der Waals surface area contributed by atoms with Gasteiger partial charge in [0.1, 0.15) is 5.82 Å². The second kappa shape index (κ2) is 4.84. The van der Waals surface area contributed by atoms with Gasteiger partial charge in [-0.15, -0.1) is 0 Å². The third-order valence-corrected chi connectivity index (χ3v) is 3.33. The number of carbonyl (C=O) groups excluding carboxylic acids is 1. The number of nitrogens with one attached hydrogen (secondary N) is 1. The molecule has 3 nitrogen and oxygen atoms in total. The Morgan fingerprint density at radius 1 is 1.53 bits per heavy atom. The van der Waals surface area contributed by atoms with Crippen LogP contribution in [-0.2, 0) is 4.79 Å². The minimum atomic E-state index is -0.324. The number of amides is 1. The van der Waals surface area contributed by atoms with Crippen molar-refractivity contribution in [1.29, 1.82) is 0 Å². The highest BCUT2D eigenvalue weighted by Crippen LogP contribution is 2.20. The summed E-state index contributed by atoms with van der Waals surface area (Å²) in [5.74, 6) is 0.00805. The number of hydrogen-bond donors (Lipinski definition) is 1. The number of carbonyl (C=O) groups is 1. The second-order valence-corrected chi connectivity index (χ2v) is 4.57. The lowest BCUT2D eigenvalue weighted by molar-refractivity contribution is -0.120. The number of anilines is 1. The molecule has 17 heavy (non-hydrogen) atoms. The lowest BCUT2D eigenvalue weighted by atomic mass is 10.0. The molecular weight excluding hydrogens is 219 g/mol. The lowest BCUT2D eigenvalue weighted by Gasteiger charge is -2.23. The molecule has 1 aliphatic rings. The summed E-state index contributed by atoms with van der Waals surface area (Å²) in [5, 5.41) is 3.19. The Labute approximate surface area is 101 Å². The maximum absolute atomic E-state index is 13.1. The van der Waals surface area contributed by atoms with Crippen molar-refractivity contribution in [3.63, 3.8) is 0 Å². The second-order valence-electron chi connectivity index (χ2n) is 4.57. The highest BCUT2D eigenvalue weighted by atomic mass is 19.1. The van der Waals surface area contributed by atoms with Gasteiger partial charge in [-0.25, -0.2) is 4.39 Å². The van der Waals surface area contributed by atoms with E-state index in [4.69, 9.17) is 0 Å². The molecule has 1 aromatic carbocycles. The van der Waals surface area contributed by atoms with Gasteiger partial charge < -0.3 is 10.2 Å². The number of nitrogens with zero attached hydrogens (tertiary/aromatic N) is 1.